The van der Waals surface area contributed by atoms with E-state index in [4.69, 9.17) is 4.74 Å². The quantitative estimate of drug-likeness (QED) is 0.565. The highest BCUT2D eigenvalue weighted by molar-refractivity contribution is 5.44. The molecule has 0 atom stereocenters. The minimum atomic E-state index is -0.373. The molecule has 0 radical (unpaired) electrons. The number of nitro groups is 1. The third-order valence-corrected chi connectivity index (χ3v) is 2.72. The lowest BCUT2D eigenvalue weighted by molar-refractivity contribution is -0.385. The van der Waals surface area contributed by atoms with E-state index in [9.17, 15) is 10.1 Å². The van der Waals surface area contributed by atoms with Crippen molar-refractivity contribution in [3.63, 3.8) is 0 Å². The summed E-state index contributed by atoms with van der Waals surface area (Å²) in [6, 6.07) is 4.91. The van der Waals surface area contributed by atoms with Gasteiger partial charge in [0.05, 0.1) is 11.0 Å². The number of aryl methyl sites for hydroxylation is 1. The van der Waals surface area contributed by atoms with Crippen LogP contribution in [0.2, 0.25) is 0 Å². The molecule has 0 bridgehead atoms. The summed E-state index contributed by atoms with van der Waals surface area (Å²) >= 11 is 0. The Bertz CT molecular complexity index is 385. The van der Waals surface area contributed by atoms with Crippen molar-refractivity contribution in [1.82, 2.24) is 0 Å². The van der Waals surface area contributed by atoms with Gasteiger partial charge in [-0.15, -0.1) is 0 Å². The zero-order chi connectivity index (χ0) is 10.8. The van der Waals surface area contributed by atoms with Crippen molar-refractivity contribution >= 4 is 5.69 Å². The van der Waals surface area contributed by atoms with Crippen molar-refractivity contribution in [1.29, 1.82) is 0 Å². The fourth-order valence-electron chi connectivity index (χ4n) is 1.59. The normalized spacial score (nSPS) is 15.8. The SMILES string of the molecule is Cc1cc(OC2CCC2)ccc1[N+](=O)[O-]. The van der Waals surface area contributed by atoms with Crippen LogP contribution in [0, 0.1) is 17.0 Å². The molecule has 0 spiro atoms. The largest absolute Gasteiger partial charge is 0.490 e. The molecule has 0 unspecified atom stereocenters. The monoisotopic (exact) mass is 207 g/mol. The number of hydrogen-bond donors (Lipinski definition) is 0. The van der Waals surface area contributed by atoms with Crippen molar-refractivity contribution < 1.29 is 9.66 Å². The average Bonchev–Trinajstić information content (AvgIpc) is 2.11. The molecule has 0 N–H and O–H groups in total. The molecule has 4 heteroatoms. The van der Waals surface area contributed by atoms with Gasteiger partial charge in [0.2, 0.25) is 0 Å². The Morgan fingerprint density at radius 2 is 2.20 bits per heavy atom. The van der Waals surface area contributed by atoms with Crippen molar-refractivity contribution in [2.24, 2.45) is 0 Å². The molecular formula is C11H13NO3. The van der Waals surface area contributed by atoms with Crippen LogP contribution < -0.4 is 4.74 Å². The van der Waals surface area contributed by atoms with Crippen LogP contribution in [0.25, 0.3) is 0 Å². The van der Waals surface area contributed by atoms with Gasteiger partial charge in [-0.2, -0.15) is 0 Å². The number of hydrogen-bond acceptors (Lipinski definition) is 3. The number of rotatable bonds is 3. The van der Waals surface area contributed by atoms with E-state index in [0.29, 0.717) is 11.7 Å². The highest BCUT2D eigenvalue weighted by Crippen LogP contribution is 2.28. The van der Waals surface area contributed by atoms with E-state index in [-0.39, 0.29) is 10.6 Å². The summed E-state index contributed by atoms with van der Waals surface area (Å²) < 4.78 is 5.64. The first-order valence-corrected chi connectivity index (χ1v) is 5.08. The molecule has 1 aromatic carbocycles. The third-order valence-electron chi connectivity index (χ3n) is 2.72. The third kappa shape index (κ3) is 2.09. The van der Waals surface area contributed by atoms with Crippen LogP contribution in [-0.4, -0.2) is 11.0 Å². The van der Waals surface area contributed by atoms with Gasteiger partial charge in [0.1, 0.15) is 5.75 Å². The van der Waals surface area contributed by atoms with Gasteiger partial charge in [0.15, 0.2) is 0 Å². The van der Waals surface area contributed by atoms with E-state index >= 15 is 0 Å². The summed E-state index contributed by atoms with van der Waals surface area (Å²) in [4.78, 5) is 10.2. The van der Waals surface area contributed by atoms with Crippen LogP contribution in [0.3, 0.4) is 0 Å². The topological polar surface area (TPSA) is 52.4 Å². The second kappa shape index (κ2) is 3.88. The summed E-state index contributed by atoms with van der Waals surface area (Å²) in [5, 5.41) is 10.6. The predicted molar refractivity (Wildman–Crippen MR) is 56.1 cm³/mol. The van der Waals surface area contributed by atoms with Gasteiger partial charge in [-0.1, -0.05) is 0 Å². The number of ether oxygens (including phenoxy) is 1. The van der Waals surface area contributed by atoms with Gasteiger partial charge in [-0.05, 0) is 38.3 Å². The van der Waals surface area contributed by atoms with Crippen molar-refractivity contribution in [3.05, 3.63) is 33.9 Å². The molecule has 0 saturated heterocycles. The second-order valence-corrected chi connectivity index (χ2v) is 3.88. The molecule has 0 aliphatic heterocycles. The maximum Gasteiger partial charge on any atom is 0.272 e. The van der Waals surface area contributed by atoms with E-state index in [0.717, 1.165) is 18.6 Å². The van der Waals surface area contributed by atoms with Crippen LogP contribution in [0.5, 0.6) is 5.75 Å². The molecule has 0 heterocycles. The fourth-order valence-corrected chi connectivity index (χ4v) is 1.59. The molecule has 1 aliphatic carbocycles. The van der Waals surface area contributed by atoms with Crippen LogP contribution >= 0.6 is 0 Å². The fraction of sp³-hybridized carbons (Fsp3) is 0.455. The Balaban J connectivity index is 2.13. The van der Waals surface area contributed by atoms with E-state index < -0.39 is 0 Å². The van der Waals surface area contributed by atoms with Crippen molar-refractivity contribution in [3.8, 4) is 5.75 Å². The van der Waals surface area contributed by atoms with E-state index in [1.54, 1.807) is 19.1 Å². The predicted octanol–water partition coefficient (Wildman–Crippen LogP) is 2.83. The van der Waals surface area contributed by atoms with Gasteiger partial charge in [-0.3, -0.25) is 10.1 Å². The van der Waals surface area contributed by atoms with Gasteiger partial charge in [0.25, 0.3) is 5.69 Å². The molecule has 80 valence electrons. The second-order valence-electron chi connectivity index (χ2n) is 3.88. The smallest absolute Gasteiger partial charge is 0.272 e. The highest BCUT2D eigenvalue weighted by atomic mass is 16.6. The summed E-state index contributed by atoms with van der Waals surface area (Å²) in [5.74, 6) is 0.739. The molecule has 1 aliphatic rings. The first-order chi connectivity index (χ1) is 7.16. The molecule has 0 aromatic heterocycles. The lowest BCUT2D eigenvalue weighted by Gasteiger charge is -2.26. The Morgan fingerprint density at radius 1 is 1.47 bits per heavy atom. The Kier molecular flexibility index (Phi) is 2.58. The molecule has 1 saturated carbocycles. The van der Waals surface area contributed by atoms with Crippen LogP contribution in [0.15, 0.2) is 18.2 Å². The number of nitro benzene ring substituents is 1. The maximum atomic E-state index is 10.6. The van der Waals surface area contributed by atoms with Crippen LogP contribution in [0.4, 0.5) is 5.69 Å². The number of benzene rings is 1. The Hall–Kier alpha value is -1.58. The van der Waals surface area contributed by atoms with E-state index in [2.05, 4.69) is 0 Å². The first-order valence-electron chi connectivity index (χ1n) is 5.08. The number of nitrogens with zero attached hydrogens (tertiary/aromatic N) is 1. The molecule has 1 aromatic rings. The Labute approximate surface area is 88.0 Å². The lowest BCUT2D eigenvalue weighted by atomic mass is 9.96. The summed E-state index contributed by atoms with van der Waals surface area (Å²) in [6.45, 7) is 1.73. The van der Waals surface area contributed by atoms with Gasteiger partial charge < -0.3 is 4.74 Å². The first kappa shape index (κ1) is 9.96. The summed E-state index contributed by atoms with van der Waals surface area (Å²) in [6.07, 6.45) is 3.72. The van der Waals surface area contributed by atoms with E-state index in [1.807, 2.05) is 0 Å². The standard InChI is InChI=1S/C11H13NO3/c1-8-7-10(15-9-3-2-4-9)5-6-11(8)12(13)14/h5-7,9H,2-4H2,1H3. The lowest BCUT2D eigenvalue weighted by Crippen LogP contribution is -2.24. The van der Waals surface area contributed by atoms with Gasteiger partial charge >= 0.3 is 0 Å². The van der Waals surface area contributed by atoms with E-state index in [1.165, 1.54) is 12.5 Å². The van der Waals surface area contributed by atoms with Crippen molar-refractivity contribution in [2.45, 2.75) is 32.3 Å². The molecular weight excluding hydrogens is 194 g/mol. The molecule has 15 heavy (non-hydrogen) atoms. The Morgan fingerprint density at radius 3 is 2.67 bits per heavy atom. The molecule has 1 fully saturated rings. The highest BCUT2D eigenvalue weighted by Gasteiger charge is 2.20. The molecule has 2 rings (SSSR count). The molecule has 4 nitrogen and oxygen atoms in total. The van der Waals surface area contributed by atoms with Gasteiger partial charge in [-0.25, -0.2) is 0 Å². The zero-order valence-corrected chi connectivity index (χ0v) is 8.60. The minimum absolute atomic E-state index is 0.149. The molecule has 0 amide bonds. The van der Waals surface area contributed by atoms with Crippen LogP contribution in [-0.2, 0) is 0 Å². The van der Waals surface area contributed by atoms with Crippen molar-refractivity contribution in [2.75, 3.05) is 0 Å². The maximum absolute atomic E-state index is 10.6. The van der Waals surface area contributed by atoms with Crippen LogP contribution in [0.1, 0.15) is 24.8 Å². The summed E-state index contributed by atoms with van der Waals surface area (Å²) in [7, 11) is 0. The average molecular weight is 207 g/mol. The minimum Gasteiger partial charge on any atom is -0.490 e. The zero-order valence-electron chi connectivity index (χ0n) is 8.60. The van der Waals surface area contributed by atoms with Gasteiger partial charge in [0, 0.05) is 11.6 Å². The summed E-state index contributed by atoms with van der Waals surface area (Å²) in [5.41, 5.74) is 0.799.